The summed E-state index contributed by atoms with van der Waals surface area (Å²) in [5.74, 6) is 1.61. The molecule has 0 aromatic heterocycles. The standard InChI is InChI=1S/C26H36N2O/c1-19(2)14-28(22(5)29)17-25-16-27(15-23-10-6-20(3)7-11-23)18-26(25)24-12-8-21(4)9-13-24/h6-13,19,25-26H,14-18H2,1-5H3. The quantitative estimate of drug-likeness (QED) is 0.660. The Bertz CT molecular complexity index is 794. The molecule has 1 fully saturated rings. The van der Waals surface area contributed by atoms with Crippen molar-refractivity contribution in [1.29, 1.82) is 0 Å². The van der Waals surface area contributed by atoms with Gasteiger partial charge in [0, 0.05) is 45.6 Å². The van der Waals surface area contributed by atoms with Crippen molar-refractivity contribution in [2.75, 3.05) is 26.2 Å². The summed E-state index contributed by atoms with van der Waals surface area (Å²) >= 11 is 0. The Morgan fingerprint density at radius 3 is 2.14 bits per heavy atom. The van der Waals surface area contributed by atoms with E-state index in [1.807, 2.05) is 0 Å². The number of hydrogen-bond donors (Lipinski definition) is 0. The summed E-state index contributed by atoms with van der Waals surface area (Å²) in [6.07, 6.45) is 0. The molecule has 0 radical (unpaired) electrons. The van der Waals surface area contributed by atoms with E-state index in [0.29, 0.717) is 17.8 Å². The third-order valence-corrected chi connectivity index (χ3v) is 6.03. The molecule has 1 heterocycles. The largest absolute Gasteiger partial charge is 0.342 e. The second kappa shape index (κ2) is 9.58. The molecule has 1 amide bonds. The molecular formula is C26H36N2O. The maximum atomic E-state index is 12.3. The molecule has 0 saturated carbocycles. The summed E-state index contributed by atoms with van der Waals surface area (Å²) in [6, 6.07) is 17.9. The normalized spacial score (nSPS) is 19.7. The van der Waals surface area contributed by atoms with Crippen molar-refractivity contribution in [3.05, 3.63) is 70.8 Å². The minimum atomic E-state index is 0.193. The fraction of sp³-hybridized carbons (Fsp3) is 0.500. The molecule has 0 aliphatic carbocycles. The Kier molecular flexibility index (Phi) is 7.13. The van der Waals surface area contributed by atoms with E-state index >= 15 is 0 Å². The van der Waals surface area contributed by atoms with Gasteiger partial charge in [-0.1, -0.05) is 73.5 Å². The first-order chi connectivity index (χ1) is 13.8. The molecule has 2 aromatic carbocycles. The minimum Gasteiger partial charge on any atom is -0.342 e. The Morgan fingerprint density at radius 2 is 1.59 bits per heavy atom. The molecular weight excluding hydrogens is 356 g/mol. The lowest BCUT2D eigenvalue weighted by atomic mass is 9.88. The predicted octanol–water partition coefficient (Wildman–Crippen LogP) is 5.02. The number of rotatable bonds is 7. The lowest BCUT2D eigenvalue weighted by Crippen LogP contribution is -2.38. The fourth-order valence-corrected chi connectivity index (χ4v) is 4.47. The molecule has 0 spiro atoms. The van der Waals surface area contributed by atoms with Gasteiger partial charge in [-0.15, -0.1) is 0 Å². The molecule has 1 saturated heterocycles. The highest BCUT2D eigenvalue weighted by molar-refractivity contribution is 5.73. The zero-order chi connectivity index (χ0) is 21.0. The number of amides is 1. The average molecular weight is 393 g/mol. The van der Waals surface area contributed by atoms with E-state index in [-0.39, 0.29) is 5.91 Å². The van der Waals surface area contributed by atoms with E-state index in [1.54, 1.807) is 6.92 Å². The van der Waals surface area contributed by atoms with E-state index < -0.39 is 0 Å². The highest BCUT2D eigenvalue weighted by Crippen LogP contribution is 2.34. The molecule has 2 unspecified atom stereocenters. The number of likely N-dealkylation sites (tertiary alicyclic amines) is 1. The fourth-order valence-electron chi connectivity index (χ4n) is 4.47. The maximum Gasteiger partial charge on any atom is 0.219 e. The van der Waals surface area contributed by atoms with Crippen molar-refractivity contribution in [3.8, 4) is 0 Å². The smallest absolute Gasteiger partial charge is 0.219 e. The van der Waals surface area contributed by atoms with Crippen LogP contribution in [0.3, 0.4) is 0 Å². The van der Waals surface area contributed by atoms with Crippen molar-refractivity contribution in [2.45, 2.75) is 47.1 Å². The van der Waals surface area contributed by atoms with Crippen molar-refractivity contribution in [2.24, 2.45) is 11.8 Å². The van der Waals surface area contributed by atoms with Gasteiger partial charge in [0.25, 0.3) is 0 Å². The first-order valence-electron chi connectivity index (χ1n) is 10.9. The van der Waals surface area contributed by atoms with Crippen LogP contribution < -0.4 is 0 Å². The van der Waals surface area contributed by atoms with E-state index in [4.69, 9.17) is 0 Å². The number of benzene rings is 2. The number of aryl methyl sites for hydroxylation is 2. The van der Waals surface area contributed by atoms with Crippen LogP contribution in [0.2, 0.25) is 0 Å². The molecule has 156 valence electrons. The van der Waals surface area contributed by atoms with Crippen LogP contribution in [0.25, 0.3) is 0 Å². The van der Waals surface area contributed by atoms with Gasteiger partial charge < -0.3 is 4.90 Å². The SMILES string of the molecule is CC(=O)N(CC(C)C)CC1CN(Cc2ccc(C)cc2)CC1c1ccc(C)cc1. The third kappa shape index (κ3) is 5.93. The second-order valence-electron chi connectivity index (χ2n) is 9.27. The van der Waals surface area contributed by atoms with Crippen LogP contribution in [-0.4, -0.2) is 41.9 Å². The number of carbonyl (C=O) groups is 1. The van der Waals surface area contributed by atoms with Crippen LogP contribution in [0.4, 0.5) is 0 Å². The van der Waals surface area contributed by atoms with Gasteiger partial charge in [-0.3, -0.25) is 9.69 Å². The van der Waals surface area contributed by atoms with Crippen LogP contribution in [0, 0.1) is 25.7 Å². The zero-order valence-electron chi connectivity index (χ0n) is 18.7. The molecule has 1 aliphatic rings. The van der Waals surface area contributed by atoms with Gasteiger partial charge in [0.05, 0.1) is 0 Å². The van der Waals surface area contributed by atoms with Gasteiger partial charge in [-0.2, -0.15) is 0 Å². The number of hydrogen-bond acceptors (Lipinski definition) is 2. The molecule has 3 rings (SSSR count). The van der Waals surface area contributed by atoms with Crippen molar-refractivity contribution in [3.63, 3.8) is 0 Å². The van der Waals surface area contributed by atoms with Gasteiger partial charge in [0.2, 0.25) is 5.91 Å². The first kappa shape index (κ1) is 21.6. The molecule has 2 atom stereocenters. The monoisotopic (exact) mass is 392 g/mol. The highest BCUT2D eigenvalue weighted by atomic mass is 16.2. The maximum absolute atomic E-state index is 12.3. The molecule has 0 N–H and O–H groups in total. The van der Waals surface area contributed by atoms with Crippen molar-refractivity contribution >= 4 is 5.91 Å². The first-order valence-corrected chi connectivity index (χ1v) is 10.9. The summed E-state index contributed by atoms with van der Waals surface area (Å²) in [7, 11) is 0. The van der Waals surface area contributed by atoms with E-state index in [9.17, 15) is 4.79 Å². The molecule has 3 heteroatoms. The Labute approximate surface area is 176 Å². The van der Waals surface area contributed by atoms with Gasteiger partial charge in [-0.05, 0) is 36.8 Å². The summed E-state index contributed by atoms with van der Waals surface area (Å²) in [5.41, 5.74) is 5.37. The van der Waals surface area contributed by atoms with Crippen LogP contribution in [0.5, 0.6) is 0 Å². The van der Waals surface area contributed by atoms with Crippen molar-refractivity contribution < 1.29 is 4.79 Å². The molecule has 29 heavy (non-hydrogen) atoms. The highest BCUT2D eigenvalue weighted by Gasteiger charge is 2.35. The van der Waals surface area contributed by atoms with E-state index in [1.165, 1.54) is 22.3 Å². The van der Waals surface area contributed by atoms with E-state index in [2.05, 4.69) is 86.0 Å². The molecule has 3 nitrogen and oxygen atoms in total. The second-order valence-corrected chi connectivity index (χ2v) is 9.27. The predicted molar refractivity (Wildman–Crippen MR) is 121 cm³/mol. The third-order valence-electron chi connectivity index (χ3n) is 6.03. The van der Waals surface area contributed by atoms with Gasteiger partial charge in [0.1, 0.15) is 0 Å². The Morgan fingerprint density at radius 1 is 1.00 bits per heavy atom. The minimum absolute atomic E-state index is 0.193. The molecule has 2 aromatic rings. The number of nitrogens with zero attached hydrogens (tertiary/aromatic N) is 2. The van der Waals surface area contributed by atoms with Crippen LogP contribution in [-0.2, 0) is 11.3 Å². The van der Waals surface area contributed by atoms with Crippen molar-refractivity contribution in [1.82, 2.24) is 9.80 Å². The summed E-state index contributed by atoms with van der Waals surface area (Å²) in [6.45, 7) is 15.1. The average Bonchev–Trinajstić information content (AvgIpc) is 3.05. The Balaban J connectivity index is 1.78. The van der Waals surface area contributed by atoms with Gasteiger partial charge in [-0.25, -0.2) is 0 Å². The summed E-state index contributed by atoms with van der Waals surface area (Å²) < 4.78 is 0. The molecule has 0 bridgehead atoms. The summed E-state index contributed by atoms with van der Waals surface area (Å²) in [4.78, 5) is 16.9. The van der Waals surface area contributed by atoms with Crippen LogP contribution >= 0.6 is 0 Å². The lowest BCUT2D eigenvalue weighted by molar-refractivity contribution is -0.130. The number of carbonyl (C=O) groups excluding carboxylic acids is 1. The summed E-state index contributed by atoms with van der Waals surface area (Å²) in [5, 5.41) is 0. The van der Waals surface area contributed by atoms with Gasteiger partial charge in [0.15, 0.2) is 0 Å². The van der Waals surface area contributed by atoms with E-state index in [0.717, 1.165) is 32.7 Å². The topological polar surface area (TPSA) is 23.6 Å². The lowest BCUT2D eigenvalue weighted by Gasteiger charge is -2.29. The molecule has 1 aliphatic heterocycles. The van der Waals surface area contributed by atoms with Gasteiger partial charge >= 0.3 is 0 Å². The van der Waals surface area contributed by atoms with Crippen LogP contribution in [0.1, 0.15) is 48.9 Å². The zero-order valence-corrected chi connectivity index (χ0v) is 18.7. The van der Waals surface area contributed by atoms with Crippen LogP contribution in [0.15, 0.2) is 48.5 Å². The Hall–Kier alpha value is -2.13.